The second-order valence-electron chi connectivity index (χ2n) is 5.70. The number of ether oxygens (including phenoxy) is 1. The Morgan fingerprint density at radius 1 is 0.966 bits per heavy atom. The van der Waals surface area contributed by atoms with Gasteiger partial charge in [-0.2, -0.15) is 5.10 Å². The summed E-state index contributed by atoms with van der Waals surface area (Å²) in [5.74, 6) is -2.64. The molecule has 0 atom stereocenters. The van der Waals surface area contributed by atoms with Crippen LogP contribution in [0.2, 0.25) is 0 Å². The Balaban J connectivity index is 1.65. The van der Waals surface area contributed by atoms with E-state index in [1.54, 1.807) is 0 Å². The molecule has 0 aliphatic carbocycles. The van der Waals surface area contributed by atoms with Gasteiger partial charge in [-0.3, -0.25) is 14.9 Å². The number of carbonyl (C=O) groups excluding carboxylic acids is 2. The molecule has 1 amide bonds. The van der Waals surface area contributed by atoms with Crippen molar-refractivity contribution in [3.05, 3.63) is 99.8 Å². The zero-order valence-corrected chi connectivity index (χ0v) is 15.0. The minimum Gasteiger partial charge on any atom is -0.450 e. The number of carbonyl (C=O) groups is 2. The first-order valence-electron chi connectivity index (χ1n) is 8.43. The highest BCUT2D eigenvalue weighted by Gasteiger charge is 2.19. The summed E-state index contributed by atoms with van der Waals surface area (Å²) in [6, 6.07) is 20.6. The Morgan fingerprint density at radius 3 is 2.07 bits per heavy atom. The summed E-state index contributed by atoms with van der Waals surface area (Å²) < 4.78 is 9.51. The lowest BCUT2D eigenvalue weighted by atomic mass is 10.0. The molecule has 1 aromatic heterocycles. The summed E-state index contributed by atoms with van der Waals surface area (Å²) in [6.45, 7) is -0.631. The Kier molecular flexibility index (Phi) is 6.11. The smallest absolute Gasteiger partial charge is 0.433 e. The lowest BCUT2D eigenvalue weighted by Gasteiger charge is -2.08. The summed E-state index contributed by atoms with van der Waals surface area (Å²) in [4.78, 5) is 33.6. The lowest BCUT2D eigenvalue weighted by Crippen LogP contribution is -2.26. The van der Waals surface area contributed by atoms with Crippen LogP contribution < -0.4 is 5.43 Å². The quantitative estimate of drug-likeness (QED) is 0.285. The zero-order chi connectivity index (χ0) is 20.6. The first-order valence-corrected chi connectivity index (χ1v) is 8.43. The van der Waals surface area contributed by atoms with Gasteiger partial charge in [0.1, 0.15) is 4.92 Å². The SMILES string of the molecule is O=C(COC(=O)c1ccc([N+](=O)[O-])o1)NN=C(c1ccccc1)c1ccccc1. The van der Waals surface area contributed by atoms with Gasteiger partial charge in [0.05, 0.1) is 11.8 Å². The van der Waals surface area contributed by atoms with Gasteiger partial charge < -0.3 is 9.15 Å². The number of nitrogens with zero attached hydrogens (tertiary/aromatic N) is 2. The van der Waals surface area contributed by atoms with Crippen LogP contribution in [0, 0.1) is 10.1 Å². The average Bonchev–Trinajstić information content (AvgIpc) is 3.24. The summed E-state index contributed by atoms with van der Waals surface area (Å²) in [5, 5.41) is 14.7. The number of rotatable bonds is 7. The minimum atomic E-state index is -0.997. The van der Waals surface area contributed by atoms with E-state index in [-0.39, 0.29) is 5.76 Å². The zero-order valence-electron chi connectivity index (χ0n) is 15.0. The molecule has 0 aliphatic rings. The van der Waals surface area contributed by atoms with Crippen molar-refractivity contribution >= 4 is 23.5 Å². The highest BCUT2D eigenvalue weighted by Crippen LogP contribution is 2.16. The van der Waals surface area contributed by atoms with E-state index >= 15 is 0 Å². The van der Waals surface area contributed by atoms with E-state index in [1.165, 1.54) is 0 Å². The van der Waals surface area contributed by atoms with Gasteiger partial charge in [-0.15, -0.1) is 0 Å². The monoisotopic (exact) mass is 393 g/mol. The van der Waals surface area contributed by atoms with Crippen LogP contribution >= 0.6 is 0 Å². The Hall–Kier alpha value is -4.27. The maximum atomic E-state index is 12.0. The van der Waals surface area contributed by atoms with Crippen molar-refractivity contribution in [1.29, 1.82) is 0 Å². The number of nitrogens with one attached hydrogen (secondary N) is 1. The number of esters is 1. The van der Waals surface area contributed by atoms with Crippen molar-refractivity contribution in [1.82, 2.24) is 5.43 Å². The van der Waals surface area contributed by atoms with E-state index in [0.29, 0.717) is 5.71 Å². The van der Waals surface area contributed by atoms with E-state index in [2.05, 4.69) is 10.5 Å². The maximum absolute atomic E-state index is 12.0. The Morgan fingerprint density at radius 2 is 1.55 bits per heavy atom. The molecule has 1 heterocycles. The fraction of sp³-hybridized carbons (Fsp3) is 0.0500. The van der Waals surface area contributed by atoms with E-state index in [1.807, 2.05) is 60.7 Å². The molecule has 0 fully saturated rings. The largest absolute Gasteiger partial charge is 0.450 e. The Labute approximate surface area is 164 Å². The van der Waals surface area contributed by atoms with Crippen molar-refractivity contribution in [3.8, 4) is 0 Å². The average molecular weight is 393 g/mol. The standard InChI is InChI=1S/C20H15N3O6/c24-17(13-28-20(25)16-11-12-18(29-16)23(26)27)21-22-19(14-7-3-1-4-8-14)15-9-5-2-6-10-15/h1-12H,13H2,(H,21,24). The van der Waals surface area contributed by atoms with Gasteiger partial charge in [-0.25, -0.2) is 10.2 Å². The van der Waals surface area contributed by atoms with E-state index < -0.39 is 29.3 Å². The molecule has 1 N–H and O–H groups in total. The van der Waals surface area contributed by atoms with E-state index in [4.69, 9.17) is 9.15 Å². The van der Waals surface area contributed by atoms with Crippen LogP contribution in [0.4, 0.5) is 5.88 Å². The molecule has 29 heavy (non-hydrogen) atoms. The summed E-state index contributed by atoms with van der Waals surface area (Å²) in [7, 11) is 0. The lowest BCUT2D eigenvalue weighted by molar-refractivity contribution is -0.402. The molecule has 0 unspecified atom stereocenters. The number of nitro groups is 1. The molecule has 0 radical (unpaired) electrons. The number of hydrogen-bond acceptors (Lipinski definition) is 7. The van der Waals surface area contributed by atoms with Crippen LogP contribution in [0.3, 0.4) is 0 Å². The van der Waals surface area contributed by atoms with Crippen LogP contribution in [0.15, 0.2) is 82.3 Å². The molecular formula is C20H15N3O6. The second-order valence-corrected chi connectivity index (χ2v) is 5.70. The second kappa shape index (κ2) is 9.09. The van der Waals surface area contributed by atoms with Crippen molar-refractivity contribution in [2.75, 3.05) is 6.61 Å². The molecule has 3 aromatic rings. The molecular weight excluding hydrogens is 378 g/mol. The van der Waals surface area contributed by atoms with Gasteiger partial charge in [-0.05, 0) is 6.07 Å². The third-order valence-electron chi connectivity index (χ3n) is 3.69. The van der Waals surface area contributed by atoms with E-state index in [0.717, 1.165) is 23.3 Å². The van der Waals surface area contributed by atoms with Crippen molar-refractivity contribution in [2.24, 2.45) is 5.10 Å². The molecule has 9 heteroatoms. The summed E-state index contributed by atoms with van der Waals surface area (Å²) >= 11 is 0. The van der Waals surface area contributed by atoms with Gasteiger partial charge in [-0.1, -0.05) is 60.7 Å². The van der Waals surface area contributed by atoms with E-state index in [9.17, 15) is 19.7 Å². The Bertz CT molecular complexity index is 1000. The van der Waals surface area contributed by atoms with Gasteiger partial charge in [0.15, 0.2) is 6.61 Å². The number of furan rings is 1. The first kappa shape index (κ1) is 19.5. The first-order chi connectivity index (χ1) is 14.0. The van der Waals surface area contributed by atoms with Crippen LogP contribution in [0.25, 0.3) is 0 Å². The predicted octanol–water partition coefficient (Wildman–Crippen LogP) is 2.91. The number of hydrogen-bond donors (Lipinski definition) is 1. The molecule has 146 valence electrons. The van der Waals surface area contributed by atoms with Gasteiger partial charge in [0.25, 0.3) is 5.91 Å². The van der Waals surface area contributed by atoms with Gasteiger partial charge in [0.2, 0.25) is 5.76 Å². The van der Waals surface area contributed by atoms with Gasteiger partial charge in [0, 0.05) is 11.1 Å². The van der Waals surface area contributed by atoms with Crippen molar-refractivity contribution < 1.29 is 23.7 Å². The highest BCUT2D eigenvalue weighted by atomic mass is 16.7. The fourth-order valence-electron chi connectivity index (χ4n) is 2.38. The molecule has 9 nitrogen and oxygen atoms in total. The third kappa shape index (κ3) is 5.13. The number of hydrazone groups is 1. The third-order valence-corrected chi connectivity index (χ3v) is 3.69. The van der Waals surface area contributed by atoms with Crippen LogP contribution in [-0.2, 0) is 9.53 Å². The predicted molar refractivity (Wildman–Crippen MR) is 102 cm³/mol. The molecule has 0 saturated carbocycles. The molecule has 0 aliphatic heterocycles. The topological polar surface area (TPSA) is 124 Å². The fourth-order valence-corrected chi connectivity index (χ4v) is 2.38. The molecule has 0 bridgehead atoms. The van der Waals surface area contributed by atoms with Crippen molar-refractivity contribution in [2.45, 2.75) is 0 Å². The molecule has 0 saturated heterocycles. The molecule has 2 aromatic carbocycles. The van der Waals surface area contributed by atoms with Gasteiger partial charge >= 0.3 is 11.9 Å². The summed E-state index contributed by atoms with van der Waals surface area (Å²) in [6.07, 6.45) is 0. The molecule has 0 spiro atoms. The summed E-state index contributed by atoms with van der Waals surface area (Å²) in [5.41, 5.74) is 4.46. The molecule has 3 rings (SSSR count). The van der Waals surface area contributed by atoms with Crippen LogP contribution in [-0.4, -0.2) is 29.1 Å². The minimum absolute atomic E-state index is 0.373. The van der Waals surface area contributed by atoms with Crippen LogP contribution in [0.5, 0.6) is 0 Å². The maximum Gasteiger partial charge on any atom is 0.433 e. The number of benzene rings is 2. The highest BCUT2D eigenvalue weighted by molar-refractivity contribution is 6.13. The van der Waals surface area contributed by atoms with Crippen LogP contribution in [0.1, 0.15) is 21.7 Å². The van der Waals surface area contributed by atoms with Crippen molar-refractivity contribution in [3.63, 3.8) is 0 Å². The normalized spacial score (nSPS) is 10.1. The number of amides is 1.